The van der Waals surface area contributed by atoms with Gasteiger partial charge in [0.05, 0.1) is 13.1 Å². The fraction of sp³-hybridized carbons (Fsp3) is 0.500. The summed E-state index contributed by atoms with van der Waals surface area (Å²) in [6.45, 7) is 7.93. The summed E-state index contributed by atoms with van der Waals surface area (Å²) in [4.78, 5) is 4.44. The van der Waals surface area contributed by atoms with Gasteiger partial charge < -0.3 is 20.2 Å². The number of aromatic nitrogens is 2. The van der Waals surface area contributed by atoms with E-state index in [4.69, 9.17) is 4.42 Å². The summed E-state index contributed by atoms with van der Waals surface area (Å²) < 4.78 is 7.34. The van der Waals surface area contributed by atoms with Crippen molar-refractivity contribution in [1.29, 1.82) is 0 Å². The van der Waals surface area contributed by atoms with Gasteiger partial charge in [0.15, 0.2) is 5.96 Å². The second kappa shape index (κ2) is 7.82. The van der Waals surface area contributed by atoms with Crippen molar-refractivity contribution in [2.24, 2.45) is 4.99 Å². The van der Waals surface area contributed by atoms with E-state index in [9.17, 15) is 5.11 Å². The normalized spacial score (nSPS) is 14.5. The van der Waals surface area contributed by atoms with Gasteiger partial charge in [-0.1, -0.05) is 0 Å². The Labute approximate surface area is 136 Å². The summed E-state index contributed by atoms with van der Waals surface area (Å²) in [7, 11) is 0. The Morgan fingerprint density at radius 1 is 1.43 bits per heavy atom. The highest BCUT2D eigenvalue weighted by Gasteiger charge is 2.26. The van der Waals surface area contributed by atoms with E-state index in [1.54, 1.807) is 19.2 Å². The molecule has 23 heavy (non-hydrogen) atoms. The van der Waals surface area contributed by atoms with Crippen molar-refractivity contribution >= 4 is 5.96 Å². The topological polar surface area (TPSA) is 87.6 Å². The molecule has 2 aromatic heterocycles. The van der Waals surface area contributed by atoms with E-state index in [2.05, 4.69) is 20.7 Å². The molecule has 0 fully saturated rings. The zero-order valence-electron chi connectivity index (χ0n) is 13.9. The highest BCUT2D eigenvalue weighted by molar-refractivity contribution is 5.79. The second-order valence-electron chi connectivity index (χ2n) is 5.58. The third kappa shape index (κ3) is 5.14. The predicted octanol–water partition coefficient (Wildman–Crippen LogP) is 1.25. The van der Waals surface area contributed by atoms with Gasteiger partial charge in [-0.25, -0.2) is 4.99 Å². The molecule has 2 aromatic rings. The molecule has 126 valence electrons. The maximum atomic E-state index is 10.5. The number of aryl methyl sites for hydroxylation is 1. The van der Waals surface area contributed by atoms with E-state index in [1.807, 2.05) is 36.9 Å². The third-order valence-corrected chi connectivity index (χ3v) is 3.35. The molecule has 7 nitrogen and oxygen atoms in total. The van der Waals surface area contributed by atoms with Crippen LogP contribution in [0.3, 0.4) is 0 Å². The number of guanidine groups is 1. The average molecular weight is 319 g/mol. The zero-order valence-corrected chi connectivity index (χ0v) is 13.9. The molecule has 0 saturated carbocycles. The molecule has 0 amide bonds. The molecule has 0 spiro atoms. The molecular weight excluding hydrogens is 294 g/mol. The fourth-order valence-electron chi connectivity index (χ4n) is 2.10. The van der Waals surface area contributed by atoms with Crippen LogP contribution >= 0.6 is 0 Å². The summed E-state index contributed by atoms with van der Waals surface area (Å²) in [6.07, 6.45) is 3.66. The van der Waals surface area contributed by atoms with Crippen LogP contribution in [-0.2, 0) is 12.1 Å². The van der Waals surface area contributed by atoms with Crippen LogP contribution in [0.1, 0.15) is 25.4 Å². The van der Waals surface area contributed by atoms with E-state index >= 15 is 0 Å². The zero-order chi connectivity index (χ0) is 16.7. The first-order valence-electron chi connectivity index (χ1n) is 7.80. The number of furan rings is 1. The molecule has 7 heteroatoms. The van der Waals surface area contributed by atoms with Gasteiger partial charge in [-0.2, -0.15) is 5.10 Å². The first-order valence-corrected chi connectivity index (χ1v) is 7.80. The standard InChI is InChI=1S/C16H25N5O2/c1-4-17-15(18-9-11-21-10-5-8-20-21)19-12-16(3,22)14-7-6-13(2)23-14/h5-8,10,22H,4,9,11-12H2,1-3H3,(H2,17,18,19). The first kappa shape index (κ1) is 17.1. The molecule has 1 unspecified atom stereocenters. The Morgan fingerprint density at radius 2 is 2.26 bits per heavy atom. The Hall–Kier alpha value is -2.28. The molecule has 0 aliphatic rings. The molecule has 3 N–H and O–H groups in total. The lowest BCUT2D eigenvalue weighted by Gasteiger charge is -2.19. The quantitative estimate of drug-likeness (QED) is 0.528. The monoisotopic (exact) mass is 319 g/mol. The summed E-state index contributed by atoms with van der Waals surface area (Å²) in [6, 6.07) is 5.51. The lowest BCUT2D eigenvalue weighted by atomic mass is 10.0. The van der Waals surface area contributed by atoms with Crippen LogP contribution in [0, 0.1) is 6.92 Å². The lowest BCUT2D eigenvalue weighted by Crippen LogP contribution is -2.40. The molecule has 0 aromatic carbocycles. The minimum absolute atomic E-state index is 0.205. The van der Waals surface area contributed by atoms with E-state index in [-0.39, 0.29) is 6.54 Å². The maximum Gasteiger partial charge on any atom is 0.191 e. The van der Waals surface area contributed by atoms with Gasteiger partial charge >= 0.3 is 0 Å². The average Bonchev–Trinajstić information content (AvgIpc) is 3.16. The van der Waals surface area contributed by atoms with Gasteiger partial charge in [-0.05, 0) is 39.0 Å². The number of nitrogens with zero attached hydrogens (tertiary/aromatic N) is 3. The molecule has 0 radical (unpaired) electrons. The van der Waals surface area contributed by atoms with Crippen LogP contribution in [0.2, 0.25) is 0 Å². The minimum Gasteiger partial charge on any atom is -0.463 e. The third-order valence-electron chi connectivity index (χ3n) is 3.35. The van der Waals surface area contributed by atoms with Crippen LogP contribution < -0.4 is 10.6 Å². The van der Waals surface area contributed by atoms with Gasteiger partial charge in [0, 0.05) is 25.5 Å². The molecule has 2 rings (SSSR count). The van der Waals surface area contributed by atoms with Crippen LogP contribution in [0.5, 0.6) is 0 Å². The predicted molar refractivity (Wildman–Crippen MR) is 89.2 cm³/mol. The molecule has 1 atom stereocenters. The largest absolute Gasteiger partial charge is 0.463 e. The van der Waals surface area contributed by atoms with Gasteiger partial charge in [0.25, 0.3) is 0 Å². The van der Waals surface area contributed by atoms with Crippen molar-refractivity contribution in [3.8, 4) is 0 Å². The molecule has 0 bridgehead atoms. The number of nitrogens with one attached hydrogen (secondary N) is 2. The fourth-order valence-corrected chi connectivity index (χ4v) is 2.10. The van der Waals surface area contributed by atoms with Crippen LogP contribution in [0.25, 0.3) is 0 Å². The molecule has 2 heterocycles. The molecular formula is C16H25N5O2. The summed E-state index contributed by atoms with van der Waals surface area (Å²) >= 11 is 0. The Morgan fingerprint density at radius 3 is 2.87 bits per heavy atom. The van der Waals surface area contributed by atoms with Crippen molar-refractivity contribution < 1.29 is 9.52 Å². The van der Waals surface area contributed by atoms with Crippen molar-refractivity contribution in [2.45, 2.75) is 32.9 Å². The number of rotatable bonds is 7. The Balaban J connectivity index is 1.91. The number of hydrogen-bond acceptors (Lipinski definition) is 4. The van der Waals surface area contributed by atoms with Crippen LogP contribution in [0.4, 0.5) is 0 Å². The van der Waals surface area contributed by atoms with E-state index in [1.165, 1.54) is 0 Å². The smallest absolute Gasteiger partial charge is 0.191 e. The van der Waals surface area contributed by atoms with Gasteiger partial charge in [0.2, 0.25) is 0 Å². The van der Waals surface area contributed by atoms with Crippen LogP contribution in [-0.4, -0.2) is 40.5 Å². The summed E-state index contributed by atoms with van der Waals surface area (Å²) in [5, 5.41) is 21.1. The number of hydrogen-bond donors (Lipinski definition) is 3. The lowest BCUT2D eigenvalue weighted by molar-refractivity contribution is 0.0428. The number of aliphatic hydroxyl groups is 1. The molecule has 0 aliphatic heterocycles. The Bertz CT molecular complexity index is 616. The highest BCUT2D eigenvalue weighted by atomic mass is 16.4. The van der Waals surface area contributed by atoms with E-state index in [0.29, 0.717) is 18.3 Å². The van der Waals surface area contributed by atoms with Crippen molar-refractivity contribution in [3.05, 3.63) is 42.1 Å². The van der Waals surface area contributed by atoms with Crippen molar-refractivity contribution in [1.82, 2.24) is 20.4 Å². The number of aliphatic imine (C=N–C) groups is 1. The summed E-state index contributed by atoms with van der Waals surface area (Å²) in [5.41, 5.74) is -1.14. The SMILES string of the molecule is CCNC(=NCC(C)(O)c1ccc(C)o1)NCCn1cccn1. The van der Waals surface area contributed by atoms with Crippen molar-refractivity contribution in [2.75, 3.05) is 19.6 Å². The van der Waals surface area contributed by atoms with E-state index in [0.717, 1.165) is 18.8 Å². The van der Waals surface area contributed by atoms with Crippen molar-refractivity contribution in [3.63, 3.8) is 0 Å². The van der Waals surface area contributed by atoms with Gasteiger partial charge in [0.1, 0.15) is 17.1 Å². The van der Waals surface area contributed by atoms with Gasteiger partial charge in [-0.15, -0.1) is 0 Å². The highest BCUT2D eigenvalue weighted by Crippen LogP contribution is 2.22. The first-order chi connectivity index (χ1) is 11.0. The molecule has 0 aliphatic carbocycles. The Kier molecular flexibility index (Phi) is 5.81. The van der Waals surface area contributed by atoms with Gasteiger partial charge in [-0.3, -0.25) is 4.68 Å². The molecule has 0 saturated heterocycles. The van der Waals surface area contributed by atoms with Crippen LogP contribution in [0.15, 0.2) is 40.0 Å². The maximum absolute atomic E-state index is 10.5. The second-order valence-corrected chi connectivity index (χ2v) is 5.58. The minimum atomic E-state index is -1.14. The summed E-state index contributed by atoms with van der Waals surface area (Å²) in [5.74, 6) is 1.95. The van der Waals surface area contributed by atoms with E-state index < -0.39 is 5.60 Å².